The quantitative estimate of drug-likeness (QED) is 0.191. The Bertz CT molecular complexity index is 1330. The first kappa shape index (κ1) is 28.5. The Morgan fingerprint density at radius 2 is 1.68 bits per heavy atom. The summed E-state index contributed by atoms with van der Waals surface area (Å²) in [7, 11) is -4.12. The highest BCUT2D eigenvalue weighted by Crippen LogP contribution is 2.43. The summed E-state index contributed by atoms with van der Waals surface area (Å²) in [5, 5.41) is 3.26. The van der Waals surface area contributed by atoms with Crippen molar-refractivity contribution in [2.45, 2.75) is 65.2 Å². The third-order valence-electron chi connectivity index (χ3n) is 6.59. The number of para-hydroxylation sites is 1. The Morgan fingerprint density at radius 3 is 2.30 bits per heavy atom. The molecular weight excluding hydrogens is 488 g/mol. The highest BCUT2D eigenvalue weighted by molar-refractivity contribution is 7.85. The average Bonchev–Trinajstić information content (AvgIpc) is 3.05. The zero-order valence-electron chi connectivity index (χ0n) is 22.1. The molecule has 8 heteroatoms. The van der Waals surface area contributed by atoms with Gasteiger partial charge in [-0.25, -0.2) is 0 Å². The fourth-order valence-corrected chi connectivity index (χ4v) is 5.40. The number of Topliss-reactive ketones (excluding diaryl/α,β-unsaturated/α-hetero) is 2. The minimum absolute atomic E-state index is 0.0106. The lowest BCUT2D eigenvalue weighted by Gasteiger charge is -2.19. The average molecular weight is 526 g/mol. The molecule has 2 N–H and O–H groups in total. The van der Waals surface area contributed by atoms with Crippen molar-refractivity contribution < 1.29 is 27.1 Å². The molecule has 0 saturated carbocycles. The number of ketones is 2. The van der Waals surface area contributed by atoms with Crippen LogP contribution in [0.3, 0.4) is 0 Å². The van der Waals surface area contributed by atoms with Crippen molar-refractivity contribution in [2.75, 3.05) is 17.6 Å². The molecule has 1 aliphatic heterocycles. The van der Waals surface area contributed by atoms with Crippen molar-refractivity contribution in [3.8, 4) is 0 Å². The number of nitrogens with zero attached hydrogens (tertiary/aromatic N) is 1. The zero-order chi connectivity index (χ0) is 27.2. The van der Waals surface area contributed by atoms with E-state index in [9.17, 15) is 22.6 Å². The molecule has 0 unspecified atom stereocenters. The predicted molar refractivity (Wildman–Crippen MR) is 148 cm³/mol. The lowest BCUT2D eigenvalue weighted by Crippen LogP contribution is -2.29. The van der Waals surface area contributed by atoms with Gasteiger partial charge in [-0.05, 0) is 44.9 Å². The van der Waals surface area contributed by atoms with Crippen molar-refractivity contribution in [2.24, 2.45) is 0 Å². The number of anilines is 1. The Kier molecular flexibility index (Phi) is 9.21. The van der Waals surface area contributed by atoms with Crippen molar-refractivity contribution >= 4 is 38.8 Å². The number of hydrogen-bond donors (Lipinski definition) is 2. The SMILES string of the molecule is CCCC(=O)c1cc(C(=O)CCC)c2c(c1)[N+](CCCS(=O)(=O)O)=C(/C=C/Nc1ccccc1)C2(C)C. The zero-order valence-corrected chi connectivity index (χ0v) is 22.9. The molecule has 2 aromatic carbocycles. The topological polar surface area (TPSA) is 104 Å². The van der Waals surface area contributed by atoms with Gasteiger partial charge in [-0.2, -0.15) is 13.0 Å². The van der Waals surface area contributed by atoms with Crippen molar-refractivity contribution in [3.05, 3.63) is 71.4 Å². The van der Waals surface area contributed by atoms with Gasteiger partial charge in [0.1, 0.15) is 6.54 Å². The molecule has 198 valence electrons. The Morgan fingerprint density at radius 1 is 1.03 bits per heavy atom. The molecule has 1 heterocycles. The van der Waals surface area contributed by atoms with E-state index in [-0.39, 0.29) is 23.7 Å². The maximum Gasteiger partial charge on any atom is 0.265 e. The van der Waals surface area contributed by atoms with Crippen LogP contribution in [-0.4, -0.2) is 47.1 Å². The molecule has 7 nitrogen and oxygen atoms in total. The molecule has 0 bridgehead atoms. The summed E-state index contributed by atoms with van der Waals surface area (Å²) in [6.07, 6.45) is 6.08. The van der Waals surface area contributed by atoms with Crippen LogP contribution in [0.1, 0.15) is 86.1 Å². The van der Waals surface area contributed by atoms with E-state index in [0.29, 0.717) is 43.4 Å². The van der Waals surface area contributed by atoms with Gasteiger partial charge in [0.05, 0.1) is 16.7 Å². The fraction of sp³-hybridized carbons (Fsp3) is 0.414. The molecule has 0 saturated heterocycles. The number of carbonyl (C=O) groups excluding carboxylic acids is 2. The lowest BCUT2D eigenvalue weighted by molar-refractivity contribution is -0.437. The van der Waals surface area contributed by atoms with Crippen LogP contribution in [0, 0.1) is 0 Å². The van der Waals surface area contributed by atoms with Crippen LogP contribution in [0.4, 0.5) is 11.4 Å². The van der Waals surface area contributed by atoms with Crippen molar-refractivity contribution in [1.29, 1.82) is 0 Å². The molecule has 0 spiro atoms. The fourth-order valence-electron chi connectivity index (χ4n) is 4.90. The molecule has 0 atom stereocenters. The molecule has 2 aromatic rings. The Labute approximate surface area is 220 Å². The van der Waals surface area contributed by atoms with Crippen LogP contribution in [0.25, 0.3) is 0 Å². The standard InChI is InChI=1S/C29H36N2O5S/c1-5-11-25(32)21-19-23(26(33)12-6-2)28-24(20-21)31(17-10-18-37(34,35)36)27(29(28,3)4)15-16-30-22-13-8-7-9-14-22/h7-9,13-16,19-20H,5-6,10-12,17-18H2,1-4H3,(H,34,35,36)/p+1. The maximum absolute atomic E-state index is 13.3. The normalized spacial score (nSPS) is 14.7. The van der Waals surface area contributed by atoms with Gasteiger partial charge < -0.3 is 5.32 Å². The van der Waals surface area contributed by atoms with Crippen LogP contribution in [0.2, 0.25) is 0 Å². The molecule has 0 aliphatic carbocycles. The highest BCUT2D eigenvalue weighted by atomic mass is 32.2. The Balaban J connectivity index is 2.17. The molecular formula is C29H37N2O5S+. The van der Waals surface area contributed by atoms with Crippen LogP contribution in [-0.2, 0) is 15.5 Å². The molecule has 37 heavy (non-hydrogen) atoms. The maximum atomic E-state index is 13.3. The van der Waals surface area contributed by atoms with E-state index >= 15 is 0 Å². The van der Waals surface area contributed by atoms with E-state index in [4.69, 9.17) is 0 Å². The smallest absolute Gasteiger partial charge is 0.265 e. The Hall–Kier alpha value is -3.10. The number of hydrogen-bond acceptors (Lipinski definition) is 5. The second kappa shape index (κ2) is 12.0. The monoisotopic (exact) mass is 525 g/mol. The number of carbonyl (C=O) groups is 2. The molecule has 0 radical (unpaired) electrons. The predicted octanol–water partition coefficient (Wildman–Crippen LogP) is 5.93. The highest BCUT2D eigenvalue weighted by Gasteiger charge is 2.47. The first-order valence-corrected chi connectivity index (χ1v) is 14.4. The summed E-state index contributed by atoms with van der Waals surface area (Å²) in [6.45, 7) is 8.26. The van der Waals surface area contributed by atoms with Gasteiger partial charge in [0.2, 0.25) is 5.69 Å². The number of rotatable bonds is 13. The van der Waals surface area contributed by atoms with Crippen LogP contribution in [0.15, 0.2) is 54.7 Å². The summed E-state index contributed by atoms with van der Waals surface area (Å²) >= 11 is 0. The minimum atomic E-state index is -4.12. The summed E-state index contributed by atoms with van der Waals surface area (Å²) < 4.78 is 34.2. The van der Waals surface area contributed by atoms with Gasteiger partial charge >= 0.3 is 0 Å². The van der Waals surface area contributed by atoms with E-state index in [1.165, 1.54) is 0 Å². The lowest BCUT2D eigenvalue weighted by atomic mass is 9.77. The van der Waals surface area contributed by atoms with E-state index in [1.807, 2.05) is 80.9 Å². The first-order chi connectivity index (χ1) is 17.5. The van der Waals surface area contributed by atoms with Crippen LogP contribution < -0.4 is 5.32 Å². The summed E-state index contributed by atoms with van der Waals surface area (Å²) in [5.74, 6) is -0.418. The summed E-state index contributed by atoms with van der Waals surface area (Å²) in [5.41, 5.74) is 3.80. The van der Waals surface area contributed by atoms with Gasteiger partial charge in [-0.15, -0.1) is 0 Å². The van der Waals surface area contributed by atoms with Crippen molar-refractivity contribution in [3.63, 3.8) is 0 Å². The van der Waals surface area contributed by atoms with E-state index < -0.39 is 15.5 Å². The van der Waals surface area contributed by atoms with Crippen molar-refractivity contribution in [1.82, 2.24) is 0 Å². The van der Waals surface area contributed by atoms with E-state index in [2.05, 4.69) is 5.32 Å². The third kappa shape index (κ3) is 6.81. The molecule has 3 rings (SSSR count). The molecule has 0 aromatic heterocycles. The first-order valence-electron chi connectivity index (χ1n) is 12.8. The van der Waals surface area contributed by atoms with E-state index in [0.717, 1.165) is 22.6 Å². The largest absolute Gasteiger partial charge is 0.361 e. The molecule has 1 aliphatic rings. The van der Waals surface area contributed by atoms with Gasteiger partial charge in [-0.3, -0.25) is 14.1 Å². The number of benzene rings is 2. The third-order valence-corrected chi connectivity index (χ3v) is 7.39. The summed E-state index contributed by atoms with van der Waals surface area (Å²) in [6, 6.07) is 13.3. The van der Waals surface area contributed by atoms with Gasteiger partial charge in [-0.1, -0.05) is 32.0 Å². The van der Waals surface area contributed by atoms with Gasteiger partial charge in [0, 0.05) is 54.4 Å². The number of allylic oxidation sites excluding steroid dienone is 1. The summed E-state index contributed by atoms with van der Waals surface area (Å²) in [4.78, 5) is 26.2. The van der Waals surface area contributed by atoms with E-state index in [1.54, 1.807) is 6.07 Å². The number of nitrogens with one attached hydrogen (secondary N) is 1. The number of fused-ring (bicyclic) bond motifs is 1. The van der Waals surface area contributed by atoms with Gasteiger partial charge in [0.15, 0.2) is 17.3 Å². The molecule has 0 amide bonds. The second-order valence-electron chi connectivity index (χ2n) is 9.91. The van der Waals surface area contributed by atoms with Crippen LogP contribution in [0.5, 0.6) is 0 Å². The minimum Gasteiger partial charge on any atom is -0.361 e. The second-order valence-corrected chi connectivity index (χ2v) is 11.5. The van der Waals surface area contributed by atoms with Crippen LogP contribution >= 0.6 is 0 Å². The van der Waals surface area contributed by atoms with Gasteiger partial charge in [0.25, 0.3) is 10.1 Å². The molecule has 0 fully saturated rings.